The van der Waals surface area contributed by atoms with Crippen LogP contribution in [0.25, 0.3) is 10.8 Å². The Bertz CT molecular complexity index is 540. The number of amides is 1. The summed E-state index contributed by atoms with van der Waals surface area (Å²) >= 11 is 0. The van der Waals surface area contributed by atoms with Crippen molar-refractivity contribution in [2.45, 2.75) is 0 Å². The van der Waals surface area contributed by atoms with E-state index in [0.717, 1.165) is 0 Å². The van der Waals surface area contributed by atoms with Crippen molar-refractivity contribution in [3.8, 4) is 0 Å². The predicted molar refractivity (Wildman–Crippen MR) is 59.1 cm³/mol. The molecule has 0 radical (unpaired) electrons. The molecule has 0 spiro atoms. The third kappa shape index (κ3) is 1.48. The molecule has 0 saturated carbocycles. The minimum atomic E-state index is -0.592. The number of benzene rings is 2. The first kappa shape index (κ1) is 10.1. The molecule has 80 valence electrons. The third-order valence-corrected chi connectivity index (χ3v) is 2.36. The average Bonchev–Trinajstić information content (AvgIpc) is 2.27. The van der Waals surface area contributed by atoms with Gasteiger partial charge in [0.15, 0.2) is 0 Å². The Labute approximate surface area is 90.6 Å². The summed E-state index contributed by atoms with van der Waals surface area (Å²) in [6.45, 7) is 0. The van der Waals surface area contributed by atoms with Crippen LogP contribution >= 0.6 is 0 Å². The highest BCUT2D eigenvalue weighted by Gasteiger charge is 2.15. The molecule has 0 aromatic heterocycles. The zero-order valence-electron chi connectivity index (χ0n) is 8.21. The summed E-state index contributed by atoms with van der Waals surface area (Å²) in [4.78, 5) is 21.5. The molecule has 2 N–H and O–H groups in total. The van der Waals surface area contributed by atoms with Crippen LogP contribution in [0.4, 0.5) is 5.69 Å². The number of primary amides is 1. The summed E-state index contributed by atoms with van der Waals surface area (Å²) < 4.78 is 0. The molecular formula is C11H8N2O3. The first-order valence-corrected chi connectivity index (χ1v) is 4.57. The van der Waals surface area contributed by atoms with Crippen LogP contribution in [0, 0.1) is 10.1 Å². The van der Waals surface area contributed by atoms with Crippen molar-refractivity contribution in [2.24, 2.45) is 5.73 Å². The van der Waals surface area contributed by atoms with Gasteiger partial charge in [0, 0.05) is 17.0 Å². The molecular weight excluding hydrogens is 208 g/mol. The standard InChI is InChI=1S/C11H8N2O3/c12-11(14)9-5-6-10(13(15)16)8-4-2-1-3-7(8)9/h1-6H,(H2,12,14). The molecule has 0 bridgehead atoms. The normalized spacial score (nSPS) is 10.2. The maximum Gasteiger partial charge on any atom is 0.277 e. The van der Waals surface area contributed by atoms with Gasteiger partial charge in [0.2, 0.25) is 5.91 Å². The first-order valence-electron chi connectivity index (χ1n) is 4.57. The van der Waals surface area contributed by atoms with E-state index in [9.17, 15) is 14.9 Å². The molecule has 2 aromatic rings. The van der Waals surface area contributed by atoms with E-state index in [1.165, 1.54) is 12.1 Å². The lowest BCUT2D eigenvalue weighted by molar-refractivity contribution is -0.383. The molecule has 0 aliphatic heterocycles. The Hall–Kier alpha value is -2.43. The summed E-state index contributed by atoms with van der Waals surface area (Å²) in [5.74, 6) is -0.592. The largest absolute Gasteiger partial charge is 0.366 e. The van der Waals surface area contributed by atoms with Crippen molar-refractivity contribution in [3.05, 3.63) is 52.1 Å². The van der Waals surface area contributed by atoms with Gasteiger partial charge >= 0.3 is 0 Å². The average molecular weight is 216 g/mol. The van der Waals surface area contributed by atoms with Gasteiger partial charge in [-0.25, -0.2) is 0 Å². The summed E-state index contributed by atoms with van der Waals surface area (Å²) in [6.07, 6.45) is 0. The molecule has 0 heterocycles. The molecule has 0 atom stereocenters. The van der Waals surface area contributed by atoms with Crippen LogP contribution in [-0.2, 0) is 0 Å². The van der Waals surface area contributed by atoms with E-state index >= 15 is 0 Å². The molecule has 0 aliphatic carbocycles. The van der Waals surface area contributed by atoms with Gasteiger partial charge in [-0.05, 0) is 12.1 Å². The van der Waals surface area contributed by atoms with E-state index in [0.29, 0.717) is 16.3 Å². The van der Waals surface area contributed by atoms with Gasteiger partial charge in [-0.2, -0.15) is 0 Å². The Morgan fingerprint density at radius 3 is 2.31 bits per heavy atom. The van der Waals surface area contributed by atoms with E-state index in [1.807, 2.05) is 0 Å². The van der Waals surface area contributed by atoms with Crippen LogP contribution in [0.15, 0.2) is 36.4 Å². The van der Waals surface area contributed by atoms with Gasteiger partial charge in [0.25, 0.3) is 5.69 Å². The number of carbonyl (C=O) groups excluding carboxylic acids is 1. The second-order valence-electron chi connectivity index (χ2n) is 3.30. The van der Waals surface area contributed by atoms with E-state index in [4.69, 9.17) is 5.73 Å². The fraction of sp³-hybridized carbons (Fsp3) is 0. The predicted octanol–water partition coefficient (Wildman–Crippen LogP) is 1.85. The summed E-state index contributed by atoms with van der Waals surface area (Å²) in [5.41, 5.74) is 5.46. The Kier molecular flexibility index (Phi) is 2.28. The van der Waals surface area contributed by atoms with Crippen LogP contribution in [0.5, 0.6) is 0 Å². The maximum absolute atomic E-state index is 11.1. The van der Waals surface area contributed by atoms with E-state index in [2.05, 4.69) is 0 Å². The van der Waals surface area contributed by atoms with Crippen LogP contribution in [-0.4, -0.2) is 10.8 Å². The van der Waals surface area contributed by atoms with Crippen molar-refractivity contribution in [1.82, 2.24) is 0 Å². The number of rotatable bonds is 2. The van der Waals surface area contributed by atoms with Crippen LogP contribution in [0.1, 0.15) is 10.4 Å². The smallest absolute Gasteiger partial charge is 0.277 e. The van der Waals surface area contributed by atoms with Gasteiger partial charge in [0.1, 0.15) is 0 Å². The lowest BCUT2D eigenvalue weighted by Gasteiger charge is -2.03. The van der Waals surface area contributed by atoms with Crippen LogP contribution in [0.3, 0.4) is 0 Å². The lowest BCUT2D eigenvalue weighted by Crippen LogP contribution is -2.11. The molecule has 2 rings (SSSR count). The van der Waals surface area contributed by atoms with Crippen molar-refractivity contribution in [3.63, 3.8) is 0 Å². The fourth-order valence-electron chi connectivity index (χ4n) is 1.66. The second-order valence-corrected chi connectivity index (χ2v) is 3.30. The zero-order chi connectivity index (χ0) is 11.7. The summed E-state index contributed by atoms with van der Waals surface area (Å²) in [7, 11) is 0. The Morgan fingerprint density at radius 1 is 1.12 bits per heavy atom. The molecule has 1 amide bonds. The quantitative estimate of drug-likeness (QED) is 0.613. The fourth-order valence-corrected chi connectivity index (χ4v) is 1.66. The van der Waals surface area contributed by atoms with Crippen LogP contribution < -0.4 is 5.73 Å². The molecule has 0 unspecified atom stereocenters. The number of nitro groups is 1. The molecule has 0 fully saturated rings. The minimum Gasteiger partial charge on any atom is -0.366 e. The van der Waals surface area contributed by atoms with Gasteiger partial charge < -0.3 is 5.73 Å². The number of nitro benzene ring substituents is 1. The maximum atomic E-state index is 11.1. The van der Waals surface area contributed by atoms with Crippen molar-refractivity contribution in [1.29, 1.82) is 0 Å². The highest BCUT2D eigenvalue weighted by Crippen LogP contribution is 2.27. The molecule has 2 aromatic carbocycles. The SMILES string of the molecule is NC(=O)c1ccc([N+](=O)[O-])c2ccccc12. The number of hydrogen-bond donors (Lipinski definition) is 1. The van der Waals surface area contributed by atoms with Crippen LogP contribution in [0.2, 0.25) is 0 Å². The van der Waals surface area contributed by atoms with Gasteiger partial charge in [0.05, 0.1) is 10.3 Å². The van der Waals surface area contributed by atoms with E-state index < -0.39 is 10.8 Å². The number of fused-ring (bicyclic) bond motifs is 1. The number of non-ortho nitro benzene ring substituents is 1. The van der Waals surface area contributed by atoms with Crippen molar-refractivity contribution < 1.29 is 9.72 Å². The third-order valence-electron chi connectivity index (χ3n) is 2.36. The Balaban J connectivity index is 2.87. The van der Waals surface area contributed by atoms with E-state index in [-0.39, 0.29) is 5.69 Å². The zero-order valence-corrected chi connectivity index (χ0v) is 8.21. The number of nitrogens with two attached hydrogens (primary N) is 1. The first-order chi connectivity index (χ1) is 7.61. The van der Waals surface area contributed by atoms with E-state index in [1.54, 1.807) is 24.3 Å². The second kappa shape index (κ2) is 3.62. The Morgan fingerprint density at radius 2 is 1.75 bits per heavy atom. The molecule has 16 heavy (non-hydrogen) atoms. The minimum absolute atomic E-state index is 0.0272. The molecule has 5 heteroatoms. The number of nitrogens with zero attached hydrogens (tertiary/aromatic N) is 1. The number of hydrogen-bond acceptors (Lipinski definition) is 3. The highest BCUT2D eigenvalue weighted by atomic mass is 16.6. The molecule has 0 saturated heterocycles. The van der Waals surface area contributed by atoms with Gasteiger partial charge in [-0.1, -0.05) is 18.2 Å². The van der Waals surface area contributed by atoms with Gasteiger partial charge in [-0.3, -0.25) is 14.9 Å². The van der Waals surface area contributed by atoms with Crippen molar-refractivity contribution in [2.75, 3.05) is 0 Å². The molecule has 0 aliphatic rings. The summed E-state index contributed by atoms with van der Waals surface area (Å²) in [6, 6.07) is 9.30. The topological polar surface area (TPSA) is 86.2 Å². The van der Waals surface area contributed by atoms with Crippen molar-refractivity contribution >= 4 is 22.4 Å². The molecule has 5 nitrogen and oxygen atoms in total. The summed E-state index contributed by atoms with van der Waals surface area (Å²) in [5, 5.41) is 11.7. The highest BCUT2D eigenvalue weighted by molar-refractivity contribution is 6.08. The van der Waals surface area contributed by atoms with Gasteiger partial charge in [-0.15, -0.1) is 0 Å². The monoisotopic (exact) mass is 216 g/mol. The number of carbonyl (C=O) groups is 1. The lowest BCUT2D eigenvalue weighted by atomic mass is 10.0.